The van der Waals surface area contributed by atoms with Crippen molar-refractivity contribution in [3.63, 3.8) is 0 Å². The van der Waals surface area contributed by atoms with Crippen LogP contribution in [0.3, 0.4) is 0 Å². The molecule has 7 nitrogen and oxygen atoms in total. The summed E-state index contributed by atoms with van der Waals surface area (Å²) in [4.78, 5) is 36.2. The largest absolute Gasteiger partial charge is 0.461 e. The molecule has 1 aromatic carbocycles. The van der Waals surface area contributed by atoms with Gasteiger partial charge in [0.05, 0.1) is 6.54 Å². The van der Waals surface area contributed by atoms with Gasteiger partial charge in [-0.15, -0.1) is 0 Å². The second-order valence-corrected chi connectivity index (χ2v) is 6.86. The Balaban J connectivity index is 1.90. The highest BCUT2D eigenvalue weighted by Crippen LogP contribution is 2.23. The number of urea groups is 1. The third-order valence-electron chi connectivity index (χ3n) is 4.45. The van der Waals surface area contributed by atoms with Crippen molar-refractivity contribution in [2.45, 2.75) is 51.2 Å². The number of hydrogen-bond acceptors (Lipinski definition) is 5. The van der Waals surface area contributed by atoms with Gasteiger partial charge in [0, 0.05) is 5.57 Å². The maximum absolute atomic E-state index is 12.7. The van der Waals surface area contributed by atoms with Gasteiger partial charge < -0.3 is 20.1 Å². The van der Waals surface area contributed by atoms with E-state index in [9.17, 15) is 14.4 Å². The van der Waals surface area contributed by atoms with E-state index in [1.807, 2.05) is 6.07 Å². The Morgan fingerprint density at radius 3 is 2.46 bits per heavy atom. The van der Waals surface area contributed by atoms with Gasteiger partial charge in [0.1, 0.15) is 12.7 Å². The summed E-state index contributed by atoms with van der Waals surface area (Å²) < 4.78 is 10.6. The van der Waals surface area contributed by atoms with Crippen LogP contribution in [0, 0.1) is 0 Å². The Bertz CT molecular complexity index is 683. The molecule has 0 heterocycles. The number of amides is 2. The summed E-state index contributed by atoms with van der Waals surface area (Å²) in [5, 5.41) is 5.22. The monoisotopic (exact) mass is 388 g/mol. The molecule has 152 valence electrons. The zero-order valence-corrected chi connectivity index (χ0v) is 16.2. The number of benzene rings is 1. The number of rotatable bonds is 8. The standard InChI is InChI=1S/C21H28N2O5/c1-15(2)19(24)27-14-13-22-21(26)23-18(16-9-5-3-6-10-16)20(25)28-17-11-7-4-8-12-17/h3,5-6,9-10,17-18H,1,4,7-8,11-14H2,2H3,(H2,22,23,26)/t18-/m1/s1. The van der Waals surface area contributed by atoms with E-state index in [1.165, 1.54) is 0 Å². The van der Waals surface area contributed by atoms with Crippen LogP contribution in [-0.2, 0) is 19.1 Å². The van der Waals surface area contributed by atoms with E-state index in [0.717, 1.165) is 32.1 Å². The zero-order chi connectivity index (χ0) is 20.4. The first-order valence-electron chi connectivity index (χ1n) is 9.60. The maximum atomic E-state index is 12.7. The van der Waals surface area contributed by atoms with E-state index in [2.05, 4.69) is 17.2 Å². The Hall–Kier alpha value is -2.83. The van der Waals surface area contributed by atoms with Crippen molar-refractivity contribution in [1.82, 2.24) is 10.6 Å². The van der Waals surface area contributed by atoms with Gasteiger partial charge >= 0.3 is 18.0 Å². The highest BCUT2D eigenvalue weighted by molar-refractivity contribution is 5.87. The van der Waals surface area contributed by atoms with E-state index >= 15 is 0 Å². The van der Waals surface area contributed by atoms with Crippen LogP contribution in [0.15, 0.2) is 42.5 Å². The van der Waals surface area contributed by atoms with Crippen molar-refractivity contribution in [2.24, 2.45) is 0 Å². The van der Waals surface area contributed by atoms with Crippen LogP contribution >= 0.6 is 0 Å². The van der Waals surface area contributed by atoms with Crippen molar-refractivity contribution < 1.29 is 23.9 Å². The molecule has 1 aliphatic carbocycles. The molecule has 1 aliphatic rings. The van der Waals surface area contributed by atoms with Gasteiger partial charge in [-0.25, -0.2) is 14.4 Å². The minimum absolute atomic E-state index is 0.0155. The molecule has 1 fully saturated rings. The number of carbonyl (C=O) groups excluding carboxylic acids is 3. The summed E-state index contributed by atoms with van der Waals surface area (Å²) in [6.45, 7) is 5.16. The highest BCUT2D eigenvalue weighted by atomic mass is 16.5. The summed E-state index contributed by atoms with van der Waals surface area (Å²) in [5.41, 5.74) is 0.936. The van der Waals surface area contributed by atoms with E-state index < -0.39 is 24.0 Å². The van der Waals surface area contributed by atoms with Gasteiger partial charge in [0.15, 0.2) is 6.04 Å². The SMILES string of the molecule is C=C(C)C(=O)OCCNC(=O)N[C@@H](C(=O)OC1CCCCC1)c1ccccc1. The van der Waals surface area contributed by atoms with E-state index in [-0.39, 0.29) is 19.3 Å². The van der Waals surface area contributed by atoms with Crippen LogP contribution in [0.1, 0.15) is 50.6 Å². The first-order valence-corrected chi connectivity index (χ1v) is 9.60. The molecule has 1 saturated carbocycles. The summed E-state index contributed by atoms with van der Waals surface area (Å²) in [5.74, 6) is -0.984. The van der Waals surface area contributed by atoms with Crippen molar-refractivity contribution in [3.05, 3.63) is 48.0 Å². The lowest BCUT2D eigenvalue weighted by Gasteiger charge is -2.25. The predicted octanol–water partition coefficient (Wildman–Crippen LogP) is 3.02. The molecule has 0 spiro atoms. The lowest BCUT2D eigenvalue weighted by atomic mass is 9.97. The van der Waals surface area contributed by atoms with E-state index in [1.54, 1.807) is 31.2 Å². The molecular formula is C21H28N2O5. The average molecular weight is 388 g/mol. The molecule has 7 heteroatoms. The van der Waals surface area contributed by atoms with E-state index in [4.69, 9.17) is 9.47 Å². The molecule has 0 radical (unpaired) electrons. The molecule has 28 heavy (non-hydrogen) atoms. The van der Waals surface area contributed by atoms with Crippen LogP contribution < -0.4 is 10.6 Å². The summed E-state index contributed by atoms with van der Waals surface area (Å²) in [6.07, 6.45) is 4.86. The second-order valence-electron chi connectivity index (χ2n) is 6.86. The smallest absolute Gasteiger partial charge is 0.333 e. The molecular weight excluding hydrogens is 360 g/mol. The van der Waals surface area contributed by atoms with Crippen molar-refractivity contribution in [3.8, 4) is 0 Å². The Labute approximate surface area is 165 Å². The fourth-order valence-electron chi connectivity index (χ4n) is 2.95. The van der Waals surface area contributed by atoms with Gasteiger partial charge in [-0.05, 0) is 38.2 Å². The number of ether oxygens (including phenoxy) is 2. The number of nitrogens with one attached hydrogen (secondary N) is 2. The van der Waals surface area contributed by atoms with Crippen LogP contribution in [0.4, 0.5) is 4.79 Å². The molecule has 0 unspecified atom stereocenters. The Kier molecular flexibility index (Phi) is 8.52. The Morgan fingerprint density at radius 2 is 1.82 bits per heavy atom. The second kappa shape index (κ2) is 11.1. The number of carbonyl (C=O) groups is 3. The first-order chi connectivity index (χ1) is 13.5. The quantitative estimate of drug-likeness (QED) is 0.406. The van der Waals surface area contributed by atoms with Crippen molar-refractivity contribution in [2.75, 3.05) is 13.2 Å². The molecule has 2 amide bonds. The summed E-state index contributed by atoms with van der Waals surface area (Å²) >= 11 is 0. The molecule has 2 rings (SSSR count). The van der Waals surface area contributed by atoms with Crippen LogP contribution in [-0.4, -0.2) is 37.2 Å². The lowest BCUT2D eigenvalue weighted by molar-refractivity contribution is -0.153. The van der Waals surface area contributed by atoms with Crippen LogP contribution in [0.2, 0.25) is 0 Å². The van der Waals surface area contributed by atoms with Gasteiger partial charge in [-0.3, -0.25) is 0 Å². The topological polar surface area (TPSA) is 93.7 Å². The summed E-state index contributed by atoms with van der Waals surface area (Å²) in [6, 6.07) is 7.52. The average Bonchev–Trinajstić information content (AvgIpc) is 2.70. The fourth-order valence-corrected chi connectivity index (χ4v) is 2.95. The van der Waals surface area contributed by atoms with Crippen molar-refractivity contribution in [1.29, 1.82) is 0 Å². The molecule has 0 aliphatic heterocycles. The summed E-state index contributed by atoms with van der Waals surface area (Å²) in [7, 11) is 0. The molecule has 1 atom stereocenters. The molecule has 2 N–H and O–H groups in total. The molecule has 1 aromatic rings. The van der Waals surface area contributed by atoms with Crippen LogP contribution in [0.25, 0.3) is 0 Å². The van der Waals surface area contributed by atoms with Gasteiger partial charge in [-0.1, -0.05) is 43.3 Å². The minimum atomic E-state index is -0.902. The normalized spacial score (nSPS) is 15.2. The first kappa shape index (κ1) is 21.5. The third-order valence-corrected chi connectivity index (χ3v) is 4.45. The highest BCUT2D eigenvalue weighted by Gasteiger charge is 2.27. The third kappa shape index (κ3) is 7.06. The van der Waals surface area contributed by atoms with Gasteiger partial charge in [0.2, 0.25) is 0 Å². The fraction of sp³-hybridized carbons (Fsp3) is 0.476. The van der Waals surface area contributed by atoms with Gasteiger partial charge in [0.25, 0.3) is 0 Å². The van der Waals surface area contributed by atoms with E-state index in [0.29, 0.717) is 11.1 Å². The molecule has 0 bridgehead atoms. The zero-order valence-electron chi connectivity index (χ0n) is 16.2. The number of esters is 2. The number of hydrogen-bond donors (Lipinski definition) is 2. The maximum Gasteiger partial charge on any atom is 0.333 e. The lowest BCUT2D eigenvalue weighted by Crippen LogP contribution is -2.43. The van der Waals surface area contributed by atoms with Crippen LogP contribution in [0.5, 0.6) is 0 Å². The molecule has 0 aromatic heterocycles. The molecule has 0 saturated heterocycles. The Morgan fingerprint density at radius 1 is 1.14 bits per heavy atom. The van der Waals surface area contributed by atoms with Gasteiger partial charge in [-0.2, -0.15) is 0 Å². The minimum Gasteiger partial charge on any atom is -0.461 e. The van der Waals surface area contributed by atoms with Crippen molar-refractivity contribution >= 4 is 18.0 Å². The predicted molar refractivity (Wildman–Crippen MR) is 104 cm³/mol.